The van der Waals surface area contributed by atoms with Gasteiger partial charge in [0.1, 0.15) is 0 Å². The lowest BCUT2D eigenvalue weighted by atomic mass is 9.90. The number of nitrogens with one attached hydrogen (secondary N) is 1. The molecule has 0 spiro atoms. The Morgan fingerprint density at radius 3 is 2.32 bits per heavy atom. The topological polar surface area (TPSA) is 61.6 Å². The third-order valence-electron chi connectivity index (χ3n) is 4.94. The number of carbonyl (C=O) groups excluding carboxylic acids is 1. The molecule has 0 aromatic heterocycles. The average molecular weight is 347 g/mol. The summed E-state index contributed by atoms with van der Waals surface area (Å²) < 4.78 is 0. The molecule has 1 aromatic rings. The molecule has 1 heterocycles. The number of likely N-dealkylation sites (N-methyl/N-ethyl adjacent to an activating group) is 1. The van der Waals surface area contributed by atoms with Crippen LogP contribution in [0.5, 0.6) is 0 Å². The van der Waals surface area contributed by atoms with Gasteiger partial charge in [0, 0.05) is 50.4 Å². The predicted octanol–water partition coefficient (Wildman–Crippen LogP) is 1.93. The molecule has 0 aliphatic carbocycles. The monoisotopic (exact) mass is 346 g/mol. The number of hydrogen-bond donors (Lipinski definition) is 2. The van der Waals surface area contributed by atoms with Crippen molar-refractivity contribution in [3.05, 3.63) is 35.4 Å². The average Bonchev–Trinajstić information content (AvgIpc) is 2.57. The smallest absolute Gasteiger partial charge is 0.251 e. The maximum absolute atomic E-state index is 12.6. The summed E-state index contributed by atoms with van der Waals surface area (Å²) >= 11 is 0. The molecule has 1 saturated heterocycles. The minimum Gasteiger partial charge on any atom is -0.346 e. The Labute approximate surface area is 152 Å². The van der Waals surface area contributed by atoms with E-state index in [4.69, 9.17) is 5.73 Å². The highest BCUT2D eigenvalue weighted by molar-refractivity contribution is 5.94. The van der Waals surface area contributed by atoms with Crippen molar-refractivity contribution in [2.75, 3.05) is 39.8 Å². The number of rotatable bonds is 7. The van der Waals surface area contributed by atoms with E-state index in [1.807, 2.05) is 19.1 Å². The molecule has 0 saturated carbocycles. The van der Waals surface area contributed by atoms with E-state index in [0.717, 1.165) is 39.1 Å². The fourth-order valence-corrected chi connectivity index (χ4v) is 3.46. The second-order valence-electron chi connectivity index (χ2n) is 8.09. The van der Waals surface area contributed by atoms with Gasteiger partial charge in [0.15, 0.2) is 0 Å². The summed E-state index contributed by atoms with van der Waals surface area (Å²) in [6, 6.07) is 7.98. The number of hydrogen-bond acceptors (Lipinski definition) is 4. The summed E-state index contributed by atoms with van der Waals surface area (Å²) in [6.45, 7) is 12.1. The quantitative estimate of drug-likeness (QED) is 0.792. The van der Waals surface area contributed by atoms with Crippen molar-refractivity contribution < 1.29 is 4.79 Å². The van der Waals surface area contributed by atoms with E-state index in [2.05, 4.69) is 48.1 Å². The summed E-state index contributed by atoms with van der Waals surface area (Å²) in [6.07, 6.45) is 0.872. The van der Waals surface area contributed by atoms with E-state index < -0.39 is 0 Å². The summed E-state index contributed by atoms with van der Waals surface area (Å²) in [5.41, 5.74) is 7.49. The van der Waals surface area contributed by atoms with Gasteiger partial charge in [0.05, 0.1) is 0 Å². The zero-order valence-electron chi connectivity index (χ0n) is 16.2. The number of amides is 1. The first-order chi connectivity index (χ1) is 11.8. The van der Waals surface area contributed by atoms with Crippen LogP contribution in [-0.2, 0) is 6.54 Å². The van der Waals surface area contributed by atoms with Gasteiger partial charge in [-0.2, -0.15) is 0 Å². The standard InChI is InChI=1S/C20H34N4O/c1-16(2)13-20(3,15-21)22-19(25)18-7-5-17(6-8-18)14-24-11-9-23(4)10-12-24/h5-8,16H,9-15,21H2,1-4H3,(H,22,25). The van der Waals surface area contributed by atoms with Crippen molar-refractivity contribution in [2.45, 2.75) is 39.3 Å². The van der Waals surface area contributed by atoms with Crippen LogP contribution in [0.2, 0.25) is 0 Å². The molecular formula is C20H34N4O. The third-order valence-corrected chi connectivity index (χ3v) is 4.94. The van der Waals surface area contributed by atoms with Crippen LogP contribution in [0.3, 0.4) is 0 Å². The Bertz CT molecular complexity index is 549. The minimum absolute atomic E-state index is 0.0419. The maximum atomic E-state index is 12.6. The molecule has 1 aliphatic heterocycles. The van der Waals surface area contributed by atoms with Gasteiger partial charge in [-0.15, -0.1) is 0 Å². The molecule has 1 atom stereocenters. The van der Waals surface area contributed by atoms with Crippen LogP contribution in [0.1, 0.15) is 43.1 Å². The van der Waals surface area contributed by atoms with E-state index >= 15 is 0 Å². The molecule has 0 bridgehead atoms. The predicted molar refractivity (Wildman–Crippen MR) is 104 cm³/mol. The molecule has 140 valence electrons. The van der Waals surface area contributed by atoms with Crippen molar-refractivity contribution in [3.63, 3.8) is 0 Å². The Morgan fingerprint density at radius 1 is 1.20 bits per heavy atom. The fourth-order valence-electron chi connectivity index (χ4n) is 3.46. The second kappa shape index (κ2) is 8.79. The lowest BCUT2D eigenvalue weighted by Crippen LogP contribution is -2.52. The highest BCUT2D eigenvalue weighted by Gasteiger charge is 2.26. The summed E-state index contributed by atoms with van der Waals surface area (Å²) in [5, 5.41) is 3.12. The van der Waals surface area contributed by atoms with Crippen LogP contribution in [0.15, 0.2) is 24.3 Å². The molecule has 1 aromatic carbocycles. The van der Waals surface area contributed by atoms with Crippen molar-refractivity contribution in [3.8, 4) is 0 Å². The first kappa shape index (κ1) is 19.9. The number of benzene rings is 1. The molecule has 1 unspecified atom stereocenters. The lowest BCUT2D eigenvalue weighted by molar-refractivity contribution is 0.0898. The Morgan fingerprint density at radius 2 is 1.80 bits per heavy atom. The van der Waals surface area contributed by atoms with Crippen LogP contribution in [-0.4, -0.2) is 61.0 Å². The molecule has 0 radical (unpaired) electrons. The fraction of sp³-hybridized carbons (Fsp3) is 0.650. The Balaban J connectivity index is 1.93. The number of carbonyl (C=O) groups is 1. The van der Waals surface area contributed by atoms with Gasteiger partial charge in [0.2, 0.25) is 0 Å². The van der Waals surface area contributed by atoms with Gasteiger partial charge in [-0.1, -0.05) is 26.0 Å². The van der Waals surface area contributed by atoms with Gasteiger partial charge in [-0.25, -0.2) is 0 Å². The van der Waals surface area contributed by atoms with E-state index in [9.17, 15) is 4.79 Å². The molecule has 1 fully saturated rings. The third kappa shape index (κ3) is 6.10. The maximum Gasteiger partial charge on any atom is 0.251 e. The van der Waals surface area contributed by atoms with Crippen molar-refractivity contribution in [1.82, 2.24) is 15.1 Å². The summed E-state index contributed by atoms with van der Waals surface area (Å²) in [5.74, 6) is 0.444. The van der Waals surface area contributed by atoms with Crippen molar-refractivity contribution in [2.24, 2.45) is 11.7 Å². The molecule has 5 nitrogen and oxygen atoms in total. The molecule has 3 N–H and O–H groups in total. The number of piperazine rings is 1. The van der Waals surface area contributed by atoms with E-state index in [1.165, 1.54) is 5.56 Å². The first-order valence-electron chi connectivity index (χ1n) is 9.34. The highest BCUT2D eigenvalue weighted by atomic mass is 16.1. The van der Waals surface area contributed by atoms with Crippen molar-refractivity contribution >= 4 is 5.91 Å². The zero-order chi connectivity index (χ0) is 18.4. The van der Waals surface area contributed by atoms with Gasteiger partial charge < -0.3 is 16.0 Å². The minimum atomic E-state index is -0.357. The molecule has 1 aliphatic rings. The summed E-state index contributed by atoms with van der Waals surface area (Å²) in [7, 11) is 2.17. The highest BCUT2D eigenvalue weighted by Crippen LogP contribution is 2.17. The normalized spacial score (nSPS) is 19.0. The lowest BCUT2D eigenvalue weighted by Gasteiger charge is -2.32. The van der Waals surface area contributed by atoms with Gasteiger partial charge in [-0.05, 0) is 44.0 Å². The van der Waals surface area contributed by atoms with Gasteiger partial charge in [-0.3, -0.25) is 9.69 Å². The van der Waals surface area contributed by atoms with Crippen LogP contribution in [0.25, 0.3) is 0 Å². The van der Waals surface area contributed by atoms with Crippen LogP contribution in [0.4, 0.5) is 0 Å². The first-order valence-corrected chi connectivity index (χ1v) is 9.34. The SMILES string of the molecule is CC(C)CC(C)(CN)NC(=O)c1ccc(CN2CCN(C)CC2)cc1. The molecule has 25 heavy (non-hydrogen) atoms. The van der Waals surface area contributed by atoms with Gasteiger partial charge >= 0.3 is 0 Å². The Hall–Kier alpha value is -1.43. The van der Waals surface area contributed by atoms with Crippen LogP contribution < -0.4 is 11.1 Å². The van der Waals surface area contributed by atoms with Crippen molar-refractivity contribution in [1.29, 1.82) is 0 Å². The number of nitrogens with zero attached hydrogens (tertiary/aromatic N) is 2. The summed E-state index contributed by atoms with van der Waals surface area (Å²) in [4.78, 5) is 17.4. The molecular weight excluding hydrogens is 312 g/mol. The van der Waals surface area contributed by atoms with E-state index in [-0.39, 0.29) is 11.4 Å². The molecule has 1 amide bonds. The van der Waals surface area contributed by atoms with Crippen LogP contribution in [0, 0.1) is 5.92 Å². The largest absolute Gasteiger partial charge is 0.346 e. The zero-order valence-corrected chi connectivity index (χ0v) is 16.2. The Kier molecular flexibility index (Phi) is 6.99. The second-order valence-corrected chi connectivity index (χ2v) is 8.09. The number of nitrogens with two attached hydrogens (primary N) is 1. The molecule has 2 rings (SSSR count). The van der Waals surface area contributed by atoms with Crippen LogP contribution >= 0.6 is 0 Å². The van der Waals surface area contributed by atoms with Gasteiger partial charge in [0.25, 0.3) is 5.91 Å². The molecule has 5 heteroatoms. The van der Waals surface area contributed by atoms with E-state index in [1.54, 1.807) is 0 Å². The van der Waals surface area contributed by atoms with E-state index in [0.29, 0.717) is 18.0 Å².